The Morgan fingerprint density at radius 1 is 1.57 bits per heavy atom. The summed E-state index contributed by atoms with van der Waals surface area (Å²) >= 11 is 1.57. The van der Waals surface area contributed by atoms with Crippen LogP contribution in [-0.2, 0) is 6.61 Å². The van der Waals surface area contributed by atoms with Gasteiger partial charge in [0.05, 0.1) is 16.8 Å². The third-order valence-electron chi connectivity index (χ3n) is 2.06. The fourth-order valence-corrected chi connectivity index (χ4v) is 2.99. The monoisotopic (exact) mass is 245 g/mol. The molecule has 2 nitrogen and oxygen atoms in total. The maximum atomic E-state index is 9.09. The van der Waals surface area contributed by atoms with Gasteiger partial charge in [0.25, 0.3) is 0 Å². The van der Waals surface area contributed by atoms with E-state index in [1.807, 2.05) is 19.1 Å². The Hall–Kier alpha value is -0.290. The Labute approximate surface area is 94.4 Å². The number of aliphatic hydroxyl groups is 1. The number of halogens is 1. The average molecular weight is 246 g/mol. The first-order valence-corrected chi connectivity index (χ1v) is 6.50. The molecule has 5 heteroatoms. The van der Waals surface area contributed by atoms with E-state index in [1.165, 1.54) is 0 Å². The first-order valence-electron chi connectivity index (χ1n) is 4.04. The van der Waals surface area contributed by atoms with Crippen LogP contribution in [-0.4, -0.2) is 10.1 Å². The molecule has 0 aliphatic carbocycles. The number of aliphatic hydroxyl groups excluding tert-OH is 1. The number of hydrogen-bond acceptors (Lipinski definition) is 4. The van der Waals surface area contributed by atoms with Gasteiger partial charge in [-0.3, -0.25) is 0 Å². The van der Waals surface area contributed by atoms with Crippen LogP contribution in [0.5, 0.6) is 0 Å². The SMILES string of the molecule is Cc1cc2sc(SCl)nc2cc1CO. The molecule has 1 heterocycles. The highest BCUT2D eigenvalue weighted by Gasteiger charge is 2.06. The normalized spacial score (nSPS) is 11.1. The summed E-state index contributed by atoms with van der Waals surface area (Å²) < 4.78 is 1.96. The molecule has 1 aromatic carbocycles. The number of thiazole rings is 1. The van der Waals surface area contributed by atoms with Gasteiger partial charge in [0, 0.05) is 11.0 Å². The van der Waals surface area contributed by atoms with E-state index in [4.69, 9.17) is 15.8 Å². The molecule has 1 aromatic heterocycles. The van der Waals surface area contributed by atoms with Crippen LogP contribution in [0.2, 0.25) is 0 Å². The van der Waals surface area contributed by atoms with E-state index in [2.05, 4.69) is 4.98 Å². The highest BCUT2D eigenvalue weighted by atomic mass is 35.7. The largest absolute Gasteiger partial charge is 0.392 e. The molecule has 74 valence electrons. The quantitative estimate of drug-likeness (QED) is 0.881. The first kappa shape index (κ1) is 10.2. The van der Waals surface area contributed by atoms with Gasteiger partial charge in [-0.2, -0.15) is 0 Å². The zero-order valence-corrected chi connectivity index (χ0v) is 9.84. The number of aromatic nitrogens is 1. The molecule has 0 spiro atoms. The predicted octanol–water partition coefficient (Wildman–Crippen LogP) is 3.34. The highest BCUT2D eigenvalue weighted by Crippen LogP contribution is 2.32. The molecule has 0 fully saturated rings. The number of aryl methyl sites for hydroxylation is 1. The van der Waals surface area contributed by atoms with Crippen molar-refractivity contribution in [3.05, 3.63) is 23.3 Å². The Morgan fingerprint density at radius 3 is 3.00 bits per heavy atom. The van der Waals surface area contributed by atoms with Gasteiger partial charge >= 0.3 is 0 Å². The van der Waals surface area contributed by atoms with E-state index in [9.17, 15) is 0 Å². The summed E-state index contributed by atoms with van der Waals surface area (Å²) in [6.45, 7) is 2.04. The zero-order chi connectivity index (χ0) is 10.1. The molecule has 0 unspecified atom stereocenters. The molecule has 0 amide bonds. The van der Waals surface area contributed by atoms with E-state index in [-0.39, 0.29) is 6.61 Å². The molecule has 0 aliphatic rings. The van der Waals surface area contributed by atoms with Gasteiger partial charge in [-0.15, -0.1) is 11.3 Å². The number of benzene rings is 1. The molecule has 14 heavy (non-hydrogen) atoms. The maximum absolute atomic E-state index is 9.09. The lowest BCUT2D eigenvalue weighted by molar-refractivity contribution is 0.281. The fraction of sp³-hybridized carbons (Fsp3) is 0.222. The van der Waals surface area contributed by atoms with Crippen molar-refractivity contribution in [1.82, 2.24) is 4.98 Å². The molecule has 1 N–H and O–H groups in total. The Kier molecular flexibility index (Phi) is 2.97. The first-order chi connectivity index (χ1) is 6.74. The van der Waals surface area contributed by atoms with Gasteiger partial charge in [0.15, 0.2) is 4.34 Å². The summed E-state index contributed by atoms with van der Waals surface area (Å²) in [5, 5.41) is 9.09. The van der Waals surface area contributed by atoms with Crippen LogP contribution < -0.4 is 0 Å². The summed E-state index contributed by atoms with van der Waals surface area (Å²) in [6.07, 6.45) is 0. The van der Waals surface area contributed by atoms with Crippen molar-refractivity contribution in [1.29, 1.82) is 0 Å². The minimum Gasteiger partial charge on any atom is -0.392 e. The predicted molar refractivity (Wildman–Crippen MR) is 62.0 cm³/mol. The second kappa shape index (κ2) is 4.06. The highest BCUT2D eigenvalue weighted by molar-refractivity contribution is 8.22. The number of nitrogens with zero attached hydrogens (tertiary/aromatic N) is 1. The van der Waals surface area contributed by atoms with Gasteiger partial charge in [0.2, 0.25) is 0 Å². The topological polar surface area (TPSA) is 33.1 Å². The van der Waals surface area contributed by atoms with Crippen LogP contribution in [0.25, 0.3) is 10.2 Å². The van der Waals surface area contributed by atoms with Gasteiger partial charge in [-0.05, 0) is 40.9 Å². The van der Waals surface area contributed by atoms with Crippen molar-refractivity contribution >= 4 is 43.2 Å². The van der Waals surface area contributed by atoms with Crippen molar-refractivity contribution < 1.29 is 5.11 Å². The second-order valence-electron chi connectivity index (χ2n) is 2.96. The van der Waals surface area contributed by atoms with Crippen LogP contribution in [0.4, 0.5) is 0 Å². The Bertz CT molecular complexity index is 469. The summed E-state index contributed by atoms with van der Waals surface area (Å²) in [7, 11) is 6.76. The summed E-state index contributed by atoms with van der Waals surface area (Å²) in [6, 6.07) is 3.95. The second-order valence-corrected chi connectivity index (χ2v) is 5.25. The number of fused-ring (bicyclic) bond motifs is 1. The molecular weight excluding hydrogens is 238 g/mol. The van der Waals surface area contributed by atoms with Gasteiger partial charge in [-0.1, -0.05) is 0 Å². The van der Waals surface area contributed by atoms with Gasteiger partial charge in [0.1, 0.15) is 0 Å². The lowest BCUT2D eigenvalue weighted by atomic mass is 10.1. The van der Waals surface area contributed by atoms with Crippen molar-refractivity contribution in [3.8, 4) is 0 Å². The van der Waals surface area contributed by atoms with E-state index in [0.29, 0.717) is 0 Å². The number of hydrogen-bond donors (Lipinski definition) is 1. The lowest BCUT2D eigenvalue weighted by Crippen LogP contribution is -1.87. The summed E-state index contributed by atoms with van der Waals surface area (Å²) in [5.74, 6) is 0. The molecular formula is C9H8ClNOS2. The van der Waals surface area contributed by atoms with Gasteiger partial charge in [-0.25, -0.2) is 4.98 Å². The number of rotatable bonds is 2. The molecule has 0 bridgehead atoms. The van der Waals surface area contributed by atoms with Gasteiger partial charge < -0.3 is 5.11 Å². The molecule has 0 saturated carbocycles. The smallest absolute Gasteiger partial charge is 0.166 e. The lowest BCUT2D eigenvalue weighted by Gasteiger charge is -2.00. The van der Waals surface area contributed by atoms with Crippen molar-refractivity contribution in [2.75, 3.05) is 0 Å². The van der Waals surface area contributed by atoms with Crippen molar-refractivity contribution in [2.45, 2.75) is 17.9 Å². The minimum absolute atomic E-state index is 0.0582. The van der Waals surface area contributed by atoms with Crippen LogP contribution in [0.3, 0.4) is 0 Å². The average Bonchev–Trinajstić information content (AvgIpc) is 2.58. The standard InChI is InChI=1S/C9H8ClNOS2/c1-5-2-8-7(3-6(5)4-12)11-9(13-8)14-10/h2-3,12H,4H2,1H3. The van der Waals surface area contributed by atoms with E-state index in [0.717, 1.165) is 36.7 Å². The molecule has 0 atom stereocenters. The van der Waals surface area contributed by atoms with Crippen molar-refractivity contribution in [2.24, 2.45) is 0 Å². The Morgan fingerprint density at radius 2 is 2.36 bits per heavy atom. The molecule has 0 aliphatic heterocycles. The molecule has 2 rings (SSSR count). The van der Waals surface area contributed by atoms with Crippen LogP contribution in [0.1, 0.15) is 11.1 Å². The maximum Gasteiger partial charge on any atom is 0.166 e. The Balaban J connectivity index is 2.64. The summed E-state index contributed by atoms with van der Waals surface area (Å²) in [5.41, 5.74) is 2.93. The molecule has 0 saturated heterocycles. The fourth-order valence-electron chi connectivity index (χ4n) is 1.30. The molecule has 0 radical (unpaired) electrons. The summed E-state index contributed by atoms with van der Waals surface area (Å²) in [4.78, 5) is 4.32. The molecule has 2 aromatic rings. The minimum atomic E-state index is 0.0582. The third kappa shape index (κ3) is 1.75. The van der Waals surface area contributed by atoms with Crippen LogP contribution >= 0.6 is 33.0 Å². The van der Waals surface area contributed by atoms with E-state index < -0.39 is 0 Å². The zero-order valence-electron chi connectivity index (χ0n) is 7.45. The van der Waals surface area contributed by atoms with E-state index in [1.54, 1.807) is 11.3 Å². The van der Waals surface area contributed by atoms with E-state index >= 15 is 0 Å². The van der Waals surface area contributed by atoms with Crippen molar-refractivity contribution in [3.63, 3.8) is 0 Å². The van der Waals surface area contributed by atoms with Crippen LogP contribution in [0.15, 0.2) is 16.5 Å². The third-order valence-corrected chi connectivity index (χ3v) is 4.31. The van der Waals surface area contributed by atoms with Crippen LogP contribution in [0, 0.1) is 6.92 Å².